The van der Waals surface area contributed by atoms with Crippen LogP contribution in [0.2, 0.25) is 16.6 Å². The van der Waals surface area contributed by atoms with Crippen LogP contribution in [-0.2, 0) is 9.22 Å². The van der Waals surface area contributed by atoms with Crippen molar-refractivity contribution in [3.8, 4) is 0 Å². The Balaban J connectivity index is 0.00000529. The van der Waals surface area contributed by atoms with Gasteiger partial charge >= 0.3 is 29.6 Å². The molecule has 0 radical (unpaired) electrons. The first-order chi connectivity index (χ1) is 10.6. The molecule has 1 rings (SSSR count). The summed E-state index contributed by atoms with van der Waals surface area (Å²) < 4.78 is 6.68. The molecule has 0 saturated carbocycles. The predicted octanol–water partition coefficient (Wildman–Crippen LogP) is -1.45. The van der Waals surface area contributed by atoms with Gasteiger partial charge in [0.05, 0.1) is 12.6 Å². The number of hydrogen-bond donors (Lipinski definition) is 0. The van der Waals surface area contributed by atoms with E-state index in [-0.39, 0.29) is 42.1 Å². The number of hydrogen-bond acceptors (Lipinski definition) is 5. The van der Waals surface area contributed by atoms with Gasteiger partial charge in [-0.25, -0.2) is 0 Å². The van der Waals surface area contributed by atoms with Crippen LogP contribution in [0.15, 0.2) is 0 Å². The van der Waals surface area contributed by atoms with E-state index < -0.39 is 14.3 Å². The molecular formula is C17H35N2NaO3Si. The predicted molar refractivity (Wildman–Crippen MR) is 94.9 cm³/mol. The third kappa shape index (κ3) is 6.08. The Labute approximate surface area is 171 Å². The molecule has 0 aromatic rings. The SMILES string of the molecule is CC(C)[Si](OCC1CN(CC(=O)[O-])CCN1C)(C(C)C)C(C)C.[Na+]. The topological polar surface area (TPSA) is 55.8 Å². The summed E-state index contributed by atoms with van der Waals surface area (Å²) in [6, 6.07) is 0.256. The molecule has 1 heterocycles. The molecule has 0 aromatic heterocycles. The fourth-order valence-electron chi connectivity index (χ4n) is 4.26. The number of aliphatic carboxylic acids is 1. The van der Waals surface area contributed by atoms with Crippen LogP contribution in [0.4, 0.5) is 0 Å². The molecule has 0 amide bonds. The van der Waals surface area contributed by atoms with Gasteiger partial charge in [-0.1, -0.05) is 41.5 Å². The van der Waals surface area contributed by atoms with Gasteiger partial charge in [0.1, 0.15) is 0 Å². The molecular weight excluding hydrogens is 331 g/mol. The summed E-state index contributed by atoms with van der Waals surface area (Å²) in [5, 5.41) is 10.9. The molecule has 0 aliphatic carbocycles. The fourth-order valence-corrected chi connectivity index (χ4v) is 9.74. The first kappa shape index (κ1) is 24.6. The van der Waals surface area contributed by atoms with Crippen LogP contribution in [0.1, 0.15) is 41.5 Å². The average molecular weight is 367 g/mol. The number of carbonyl (C=O) groups is 1. The van der Waals surface area contributed by atoms with E-state index in [2.05, 4.69) is 53.5 Å². The van der Waals surface area contributed by atoms with Crippen LogP contribution in [-0.4, -0.2) is 70.0 Å². The Morgan fingerprint density at radius 2 is 1.62 bits per heavy atom. The summed E-state index contributed by atoms with van der Waals surface area (Å²) in [7, 11) is 0.236. The molecule has 0 spiro atoms. The Bertz CT molecular complexity index is 372. The van der Waals surface area contributed by atoms with Crippen molar-refractivity contribution >= 4 is 14.3 Å². The van der Waals surface area contributed by atoms with Gasteiger partial charge in [0, 0.05) is 32.2 Å². The standard InChI is InChI=1S/C17H36N2O3Si.Na/c1-13(2)23(14(3)4,15(5)6)22-12-16-10-19(11-17(20)21)9-8-18(16)7;/h13-16H,8-12H2,1-7H3,(H,20,21);/q;+1/p-1. The Hall–Kier alpha value is 0.567. The minimum Gasteiger partial charge on any atom is -0.549 e. The maximum absolute atomic E-state index is 10.9. The second kappa shape index (κ2) is 10.7. The number of carboxylic acids is 1. The maximum atomic E-state index is 10.9. The van der Waals surface area contributed by atoms with Crippen molar-refractivity contribution in [2.24, 2.45) is 0 Å². The second-order valence-electron chi connectivity index (χ2n) is 7.87. The van der Waals surface area contributed by atoms with Crippen molar-refractivity contribution in [1.29, 1.82) is 0 Å². The van der Waals surface area contributed by atoms with Gasteiger partial charge < -0.3 is 14.3 Å². The third-order valence-corrected chi connectivity index (χ3v) is 11.5. The molecule has 1 saturated heterocycles. The number of nitrogens with zero attached hydrogens (tertiary/aromatic N) is 2. The van der Waals surface area contributed by atoms with E-state index in [0.717, 1.165) is 19.6 Å². The van der Waals surface area contributed by atoms with Crippen LogP contribution in [0, 0.1) is 0 Å². The molecule has 1 aliphatic rings. The molecule has 24 heavy (non-hydrogen) atoms. The average Bonchev–Trinajstić information content (AvgIpc) is 2.40. The van der Waals surface area contributed by atoms with Gasteiger partial charge in [-0.3, -0.25) is 9.80 Å². The monoisotopic (exact) mass is 366 g/mol. The van der Waals surface area contributed by atoms with Crippen molar-refractivity contribution in [1.82, 2.24) is 9.80 Å². The first-order valence-electron chi connectivity index (χ1n) is 8.87. The van der Waals surface area contributed by atoms with E-state index in [9.17, 15) is 9.90 Å². The summed E-state index contributed by atoms with van der Waals surface area (Å²) in [5.74, 6) is -0.996. The van der Waals surface area contributed by atoms with Crippen molar-refractivity contribution < 1.29 is 43.9 Å². The molecule has 5 nitrogen and oxygen atoms in total. The zero-order chi connectivity index (χ0) is 17.8. The number of rotatable bonds is 8. The van der Waals surface area contributed by atoms with E-state index in [4.69, 9.17) is 4.43 Å². The van der Waals surface area contributed by atoms with E-state index in [1.165, 1.54) is 0 Å². The molecule has 136 valence electrons. The number of piperazine rings is 1. The van der Waals surface area contributed by atoms with E-state index in [1.54, 1.807) is 0 Å². The van der Waals surface area contributed by atoms with Gasteiger partial charge in [0.25, 0.3) is 0 Å². The van der Waals surface area contributed by atoms with Crippen molar-refractivity contribution in [3.63, 3.8) is 0 Å². The van der Waals surface area contributed by atoms with Crippen LogP contribution in [0.25, 0.3) is 0 Å². The molecule has 1 aliphatic heterocycles. The minimum atomic E-state index is -1.87. The largest absolute Gasteiger partial charge is 1.00 e. The van der Waals surface area contributed by atoms with E-state index >= 15 is 0 Å². The smallest absolute Gasteiger partial charge is 0.549 e. The zero-order valence-electron chi connectivity index (χ0n) is 17.0. The van der Waals surface area contributed by atoms with Crippen LogP contribution >= 0.6 is 0 Å². The number of carboxylic acid groups (broad SMARTS) is 1. The van der Waals surface area contributed by atoms with Crippen molar-refractivity contribution in [2.75, 3.05) is 39.8 Å². The summed E-state index contributed by atoms with van der Waals surface area (Å²) in [6.07, 6.45) is 0. The Morgan fingerprint density at radius 1 is 1.12 bits per heavy atom. The molecule has 1 unspecified atom stereocenters. The van der Waals surface area contributed by atoms with Crippen LogP contribution < -0.4 is 34.7 Å². The van der Waals surface area contributed by atoms with Gasteiger partial charge in [0.15, 0.2) is 8.32 Å². The molecule has 1 fully saturated rings. The second-order valence-corrected chi connectivity index (χ2v) is 13.3. The summed E-state index contributed by atoms with van der Waals surface area (Å²) in [4.78, 5) is 15.1. The summed E-state index contributed by atoms with van der Waals surface area (Å²) >= 11 is 0. The van der Waals surface area contributed by atoms with Gasteiger partial charge in [-0.05, 0) is 23.7 Å². The number of carbonyl (C=O) groups excluding carboxylic acids is 1. The van der Waals surface area contributed by atoms with Crippen LogP contribution in [0.3, 0.4) is 0 Å². The van der Waals surface area contributed by atoms with Gasteiger partial charge in [0.2, 0.25) is 0 Å². The van der Waals surface area contributed by atoms with Crippen molar-refractivity contribution in [3.05, 3.63) is 0 Å². The quantitative estimate of drug-likeness (QED) is 0.492. The van der Waals surface area contributed by atoms with Gasteiger partial charge in [-0.15, -0.1) is 0 Å². The Morgan fingerprint density at radius 3 is 2.04 bits per heavy atom. The van der Waals surface area contributed by atoms with Crippen molar-refractivity contribution in [2.45, 2.75) is 64.2 Å². The fraction of sp³-hybridized carbons (Fsp3) is 0.941. The third-order valence-electron chi connectivity index (χ3n) is 5.45. The minimum absolute atomic E-state index is 0. The number of likely N-dealkylation sites (N-methyl/N-ethyl adjacent to an activating group) is 1. The summed E-state index contributed by atoms with van der Waals surface area (Å²) in [6.45, 7) is 16.9. The molecule has 0 bridgehead atoms. The summed E-state index contributed by atoms with van der Waals surface area (Å²) in [5.41, 5.74) is 1.70. The molecule has 7 heteroatoms. The molecule has 0 N–H and O–H groups in total. The molecule has 0 aromatic carbocycles. The normalized spacial score (nSPS) is 20.7. The first-order valence-corrected chi connectivity index (χ1v) is 11.0. The van der Waals surface area contributed by atoms with Crippen LogP contribution in [0.5, 0.6) is 0 Å². The molecule has 1 atom stereocenters. The van der Waals surface area contributed by atoms with E-state index in [1.807, 2.05) is 4.90 Å². The zero-order valence-corrected chi connectivity index (χ0v) is 20.0. The Kier molecular flexibility index (Phi) is 10.9. The maximum Gasteiger partial charge on any atom is 1.00 e. The van der Waals surface area contributed by atoms with E-state index in [0.29, 0.717) is 23.2 Å². The van der Waals surface area contributed by atoms with Gasteiger partial charge in [-0.2, -0.15) is 0 Å².